The topological polar surface area (TPSA) is 76.7 Å². The number of nitrogens with zero attached hydrogens (tertiary/aromatic N) is 3. The highest BCUT2D eigenvalue weighted by Gasteiger charge is 2.23. The number of hydrogen-bond acceptors (Lipinski definition) is 5. The van der Waals surface area contributed by atoms with Gasteiger partial charge in [-0.1, -0.05) is 19.3 Å². The molecule has 0 bridgehead atoms. The fraction of sp³-hybridized carbons (Fsp3) is 0.769. The average molecular weight is 249 g/mol. The third-order valence-electron chi connectivity index (χ3n) is 3.88. The molecule has 1 atom stereocenters. The standard InChI is InChI=1S/C13H23N5/c1-9-10(2)17-18-13(15-9)16-12(8-14)11-6-4-3-5-7-11/h11-12H,3-8,14H2,1-2H3,(H,15,16,18). The van der Waals surface area contributed by atoms with E-state index in [-0.39, 0.29) is 6.04 Å². The van der Waals surface area contributed by atoms with E-state index < -0.39 is 0 Å². The molecule has 1 unspecified atom stereocenters. The van der Waals surface area contributed by atoms with Gasteiger partial charge in [0.05, 0.1) is 11.4 Å². The van der Waals surface area contributed by atoms with Crippen molar-refractivity contribution < 1.29 is 0 Å². The van der Waals surface area contributed by atoms with Gasteiger partial charge >= 0.3 is 0 Å². The van der Waals surface area contributed by atoms with E-state index in [4.69, 9.17) is 5.73 Å². The first-order valence-corrected chi connectivity index (χ1v) is 6.85. The molecular formula is C13H23N5. The zero-order chi connectivity index (χ0) is 13.0. The Labute approximate surface area is 109 Å². The van der Waals surface area contributed by atoms with Gasteiger partial charge in [0.15, 0.2) is 0 Å². The lowest BCUT2D eigenvalue weighted by atomic mass is 9.84. The molecule has 3 N–H and O–H groups in total. The summed E-state index contributed by atoms with van der Waals surface area (Å²) in [5.74, 6) is 1.26. The number of nitrogens with two attached hydrogens (primary N) is 1. The zero-order valence-electron chi connectivity index (χ0n) is 11.3. The number of nitrogens with one attached hydrogen (secondary N) is 1. The fourth-order valence-electron chi connectivity index (χ4n) is 2.59. The SMILES string of the molecule is Cc1nnc(NC(CN)C2CCCCC2)nc1C. The summed E-state index contributed by atoms with van der Waals surface area (Å²) in [6.07, 6.45) is 6.50. The van der Waals surface area contributed by atoms with Crippen LogP contribution in [-0.2, 0) is 0 Å². The maximum atomic E-state index is 5.88. The van der Waals surface area contributed by atoms with Gasteiger partial charge in [-0.25, -0.2) is 4.98 Å². The first-order chi connectivity index (χ1) is 8.70. The van der Waals surface area contributed by atoms with Crippen LogP contribution in [0.3, 0.4) is 0 Å². The Kier molecular flexibility index (Phi) is 4.47. The summed E-state index contributed by atoms with van der Waals surface area (Å²) in [6.45, 7) is 4.49. The molecule has 1 aromatic rings. The molecule has 1 aromatic heterocycles. The predicted octanol–water partition coefficient (Wildman–Crippen LogP) is 1.81. The molecule has 0 aliphatic heterocycles. The van der Waals surface area contributed by atoms with Gasteiger partial charge in [0.25, 0.3) is 0 Å². The number of rotatable bonds is 4. The fourth-order valence-corrected chi connectivity index (χ4v) is 2.59. The quantitative estimate of drug-likeness (QED) is 0.851. The van der Waals surface area contributed by atoms with Crippen LogP contribution in [0.25, 0.3) is 0 Å². The van der Waals surface area contributed by atoms with Crippen LogP contribution in [0, 0.1) is 19.8 Å². The third-order valence-corrected chi connectivity index (χ3v) is 3.88. The Morgan fingerprint density at radius 3 is 2.50 bits per heavy atom. The van der Waals surface area contributed by atoms with Crippen molar-refractivity contribution in [3.8, 4) is 0 Å². The number of hydrogen-bond donors (Lipinski definition) is 2. The summed E-state index contributed by atoms with van der Waals surface area (Å²) in [7, 11) is 0. The molecule has 5 nitrogen and oxygen atoms in total. The molecule has 0 amide bonds. The smallest absolute Gasteiger partial charge is 0.243 e. The van der Waals surface area contributed by atoms with Crippen molar-refractivity contribution in [1.29, 1.82) is 0 Å². The molecule has 1 aliphatic carbocycles. The van der Waals surface area contributed by atoms with Crippen LogP contribution < -0.4 is 11.1 Å². The van der Waals surface area contributed by atoms with Crippen LogP contribution in [0.15, 0.2) is 0 Å². The molecule has 1 heterocycles. The molecule has 0 aromatic carbocycles. The van der Waals surface area contributed by atoms with Crippen molar-refractivity contribution in [3.05, 3.63) is 11.4 Å². The van der Waals surface area contributed by atoms with Crippen LogP contribution in [0.1, 0.15) is 43.5 Å². The molecular weight excluding hydrogens is 226 g/mol. The molecule has 5 heteroatoms. The van der Waals surface area contributed by atoms with Crippen LogP contribution in [0.2, 0.25) is 0 Å². The molecule has 0 radical (unpaired) electrons. The maximum Gasteiger partial charge on any atom is 0.243 e. The van der Waals surface area contributed by atoms with E-state index in [0.717, 1.165) is 11.4 Å². The molecule has 2 rings (SSSR count). The second kappa shape index (κ2) is 6.09. The first kappa shape index (κ1) is 13.2. The summed E-state index contributed by atoms with van der Waals surface area (Å²) >= 11 is 0. The van der Waals surface area contributed by atoms with E-state index in [1.165, 1.54) is 32.1 Å². The van der Waals surface area contributed by atoms with E-state index in [9.17, 15) is 0 Å². The minimum atomic E-state index is 0.272. The molecule has 18 heavy (non-hydrogen) atoms. The van der Waals surface area contributed by atoms with Crippen LogP contribution in [-0.4, -0.2) is 27.8 Å². The third kappa shape index (κ3) is 3.16. The van der Waals surface area contributed by atoms with Crippen LogP contribution in [0.5, 0.6) is 0 Å². The molecule has 1 fully saturated rings. The Bertz CT molecular complexity index is 387. The van der Waals surface area contributed by atoms with E-state index in [2.05, 4.69) is 20.5 Å². The van der Waals surface area contributed by atoms with Crippen molar-refractivity contribution >= 4 is 5.95 Å². The van der Waals surface area contributed by atoms with Gasteiger partial charge in [-0.3, -0.25) is 0 Å². The van der Waals surface area contributed by atoms with E-state index >= 15 is 0 Å². The highest BCUT2D eigenvalue weighted by atomic mass is 15.2. The molecule has 0 saturated heterocycles. The summed E-state index contributed by atoms with van der Waals surface area (Å²) in [5, 5.41) is 11.5. The number of aryl methyl sites for hydroxylation is 2. The Morgan fingerprint density at radius 1 is 1.17 bits per heavy atom. The lowest BCUT2D eigenvalue weighted by molar-refractivity contribution is 0.319. The summed E-state index contributed by atoms with van der Waals surface area (Å²) in [4.78, 5) is 4.42. The van der Waals surface area contributed by atoms with Crippen LogP contribution >= 0.6 is 0 Å². The van der Waals surface area contributed by atoms with Gasteiger partial charge in [0.1, 0.15) is 0 Å². The zero-order valence-corrected chi connectivity index (χ0v) is 11.3. The summed E-state index contributed by atoms with van der Waals surface area (Å²) < 4.78 is 0. The Balaban J connectivity index is 2.02. The van der Waals surface area contributed by atoms with Gasteiger partial charge in [0.2, 0.25) is 5.95 Å². The van der Waals surface area contributed by atoms with Gasteiger partial charge in [-0.05, 0) is 32.6 Å². The average Bonchev–Trinajstić information content (AvgIpc) is 2.41. The number of aromatic nitrogens is 3. The van der Waals surface area contributed by atoms with Crippen molar-refractivity contribution in [2.75, 3.05) is 11.9 Å². The second-order valence-electron chi connectivity index (χ2n) is 5.19. The summed E-state index contributed by atoms with van der Waals surface area (Å²) in [5.41, 5.74) is 7.68. The van der Waals surface area contributed by atoms with Gasteiger partial charge in [-0.15, -0.1) is 5.10 Å². The molecule has 100 valence electrons. The van der Waals surface area contributed by atoms with E-state index in [0.29, 0.717) is 18.4 Å². The molecule has 0 spiro atoms. The van der Waals surface area contributed by atoms with Gasteiger partial charge < -0.3 is 11.1 Å². The van der Waals surface area contributed by atoms with E-state index in [1.54, 1.807) is 0 Å². The van der Waals surface area contributed by atoms with Crippen molar-refractivity contribution in [2.45, 2.75) is 52.0 Å². The molecule has 1 saturated carbocycles. The van der Waals surface area contributed by atoms with Crippen molar-refractivity contribution in [3.63, 3.8) is 0 Å². The number of anilines is 1. The highest BCUT2D eigenvalue weighted by molar-refractivity contribution is 5.27. The van der Waals surface area contributed by atoms with Crippen LogP contribution in [0.4, 0.5) is 5.95 Å². The minimum absolute atomic E-state index is 0.272. The summed E-state index contributed by atoms with van der Waals surface area (Å²) in [6, 6.07) is 0.272. The van der Waals surface area contributed by atoms with Crippen molar-refractivity contribution in [2.24, 2.45) is 11.7 Å². The first-order valence-electron chi connectivity index (χ1n) is 6.85. The second-order valence-corrected chi connectivity index (χ2v) is 5.19. The van der Waals surface area contributed by atoms with Gasteiger partial charge in [0, 0.05) is 12.6 Å². The van der Waals surface area contributed by atoms with E-state index in [1.807, 2.05) is 13.8 Å². The van der Waals surface area contributed by atoms with Crippen molar-refractivity contribution in [1.82, 2.24) is 15.2 Å². The normalized spacial score (nSPS) is 18.6. The Morgan fingerprint density at radius 2 is 1.89 bits per heavy atom. The minimum Gasteiger partial charge on any atom is -0.349 e. The monoisotopic (exact) mass is 249 g/mol. The largest absolute Gasteiger partial charge is 0.349 e. The van der Waals surface area contributed by atoms with Gasteiger partial charge in [-0.2, -0.15) is 5.10 Å². The lowest BCUT2D eigenvalue weighted by Gasteiger charge is -2.29. The Hall–Kier alpha value is -1.23. The predicted molar refractivity (Wildman–Crippen MR) is 72.3 cm³/mol. The maximum absolute atomic E-state index is 5.88. The highest BCUT2D eigenvalue weighted by Crippen LogP contribution is 2.27. The molecule has 1 aliphatic rings. The lowest BCUT2D eigenvalue weighted by Crippen LogP contribution is -2.38.